The number of aliphatic hydroxyl groups is 1. The number of aromatic nitrogens is 1. The molecule has 0 radical (unpaired) electrons. The van der Waals surface area contributed by atoms with Crippen molar-refractivity contribution in [2.75, 3.05) is 0 Å². The molecule has 3 aromatic rings. The molecule has 32 heavy (non-hydrogen) atoms. The minimum atomic E-state index is -0.406. The maximum atomic E-state index is 14.2. The summed E-state index contributed by atoms with van der Waals surface area (Å²) in [5.74, 6) is -0.634. The molecule has 2 aliphatic carbocycles. The van der Waals surface area contributed by atoms with Crippen LogP contribution in [0.25, 0.3) is 26.9 Å². The van der Waals surface area contributed by atoms with Gasteiger partial charge in [-0.3, -0.25) is 9.78 Å². The molecule has 2 fully saturated rings. The number of amides is 1. The van der Waals surface area contributed by atoms with Gasteiger partial charge in [-0.15, -0.1) is 0 Å². The van der Waals surface area contributed by atoms with Crippen molar-refractivity contribution in [3.05, 3.63) is 77.0 Å². The van der Waals surface area contributed by atoms with Crippen molar-refractivity contribution >= 4 is 16.8 Å². The van der Waals surface area contributed by atoms with E-state index in [0.29, 0.717) is 34.9 Å². The lowest BCUT2D eigenvalue weighted by Gasteiger charge is -2.26. The summed E-state index contributed by atoms with van der Waals surface area (Å²) < 4.78 is 14.2. The lowest BCUT2D eigenvalue weighted by Crippen LogP contribution is -2.38. The lowest BCUT2D eigenvalue weighted by molar-refractivity contribution is 0.0868. The van der Waals surface area contributed by atoms with Crippen molar-refractivity contribution in [1.29, 1.82) is 0 Å². The largest absolute Gasteiger partial charge is 0.393 e. The zero-order chi connectivity index (χ0) is 22.3. The maximum absolute atomic E-state index is 14.2. The molecule has 2 saturated carbocycles. The number of rotatable bonds is 4. The van der Waals surface area contributed by atoms with E-state index in [1.165, 1.54) is 12.1 Å². The first-order chi connectivity index (χ1) is 15.5. The Morgan fingerprint density at radius 1 is 1.12 bits per heavy atom. The van der Waals surface area contributed by atoms with Crippen molar-refractivity contribution < 1.29 is 14.3 Å². The quantitative estimate of drug-likeness (QED) is 0.575. The molecule has 2 N–H and O–H groups in total. The maximum Gasteiger partial charge on any atom is 0.258 e. The molecule has 0 saturated heterocycles. The summed E-state index contributed by atoms with van der Waals surface area (Å²) in [7, 11) is 0. The van der Waals surface area contributed by atoms with E-state index in [9.17, 15) is 14.3 Å². The fourth-order valence-electron chi connectivity index (χ4n) is 4.66. The van der Waals surface area contributed by atoms with E-state index in [2.05, 4.69) is 15.1 Å². The Balaban J connectivity index is 1.56. The van der Waals surface area contributed by atoms with E-state index in [0.717, 1.165) is 36.8 Å². The van der Waals surface area contributed by atoms with Crippen LogP contribution in [0.1, 0.15) is 54.4 Å². The number of benzene rings is 2. The van der Waals surface area contributed by atoms with E-state index in [1.807, 2.05) is 24.3 Å². The van der Waals surface area contributed by atoms with Crippen LogP contribution in [-0.2, 0) is 5.54 Å². The third kappa shape index (κ3) is 3.74. The average Bonchev–Trinajstić information content (AvgIpc) is 3.61. The van der Waals surface area contributed by atoms with Crippen LogP contribution in [0.3, 0.4) is 0 Å². The molecule has 162 valence electrons. The highest BCUT2D eigenvalue weighted by Crippen LogP contribution is 2.50. The number of nitrogens with zero attached hydrogens (tertiary/aromatic N) is 2. The molecule has 5 nitrogen and oxygen atoms in total. The molecule has 0 spiro atoms. The van der Waals surface area contributed by atoms with Crippen molar-refractivity contribution in [2.24, 2.45) is 0 Å². The van der Waals surface area contributed by atoms with Crippen LogP contribution in [0, 0.1) is 12.4 Å². The third-order valence-electron chi connectivity index (χ3n) is 6.76. The van der Waals surface area contributed by atoms with E-state index in [4.69, 9.17) is 6.57 Å². The van der Waals surface area contributed by atoms with Gasteiger partial charge in [-0.05, 0) is 49.4 Å². The summed E-state index contributed by atoms with van der Waals surface area (Å²) in [4.78, 5) is 21.5. The summed E-state index contributed by atoms with van der Waals surface area (Å²) in [6, 6.07) is 12.1. The molecule has 2 aromatic carbocycles. The standard InChI is InChI=1S/C26H24FN3O2/c1-28-26(12-13-26)17-4-2-16(3-5-17)24-21-14-18(27)6-11-23(21)29-15-22(24)25(32)30-19-7-9-20(31)10-8-19/h2-6,11,14-15,19-20,31H,7-10,12-13H2,(H,30,32). The van der Waals surface area contributed by atoms with Gasteiger partial charge in [0.25, 0.3) is 11.4 Å². The van der Waals surface area contributed by atoms with Crippen LogP contribution in [-0.4, -0.2) is 28.1 Å². The van der Waals surface area contributed by atoms with Gasteiger partial charge in [-0.25, -0.2) is 11.0 Å². The molecule has 5 rings (SSSR count). The normalized spacial score (nSPS) is 21.7. The number of carbonyl (C=O) groups excluding carboxylic acids is 1. The minimum Gasteiger partial charge on any atom is -0.393 e. The van der Waals surface area contributed by atoms with E-state index >= 15 is 0 Å². The number of nitrogens with one attached hydrogen (secondary N) is 1. The van der Waals surface area contributed by atoms with Gasteiger partial charge >= 0.3 is 0 Å². The number of hydrogen-bond donors (Lipinski definition) is 2. The molecule has 0 aliphatic heterocycles. The average molecular weight is 429 g/mol. The Bertz CT molecular complexity index is 1220. The van der Waals surface area contributed by atoms with Crippen LogP contribution in [0.2, 0.25) is 0 Å². The second-order valence-corrected chi connectivity index (χ2v) is 8.91. The summed E-state index contributed by atoms with van der Waals surface area (Å²) in [6.45, 7) is 7.49. The van der Waals surface area contributed by atoms with Gasteiger partial charge in [0, 0.05) is 41.6 Å². The molecule has 1 amide bonds. The molecular weight excluding hydrogens is 405 g/mol. The van der Waals surface area contributed by atoms with Gasteiger partial charge in [-0.1, -0.05) is 24.3 Å². The Kier molecular flexibility index (Phi) is 5.15. The van der Waals surface area contributed by atoms with Gasteiger partial charge in [0.15, 0.2) is 0 Å². The Morgan fingerprint density at radius 3 is 2.50 bits per heavy atom. The Labute approximate surface area is 186 Å². The molecule has 0 unspecified atom stereocenters. The highest BCUT2D eigenvalue weighted by Gasteiger charge is 2.52. The fourth-order valence-corrected chi connectivity index (χ4v) is 4.66. The smallest absolute Gasteiger partial charge is 0.258 e. The molecule has 2 aliphatic rings. The molecular formula is C26H24FN3O2. The predicted molar refractivity (Wildman–Crippen MR) is 120 cm³/mol. The minimum absolute atomic E-state index is 0.00211. The zero-order valence-corrected chi connectivity index (χ0v) is 17.6. The van der Waals surface area contributed by atoms with Crippen LogP contribution < -0.4 is 5.32 Å². The summed E-state index contributed by atoms with van der Waals surface area (Å²) in [6.07, 6.45) is 5.78. The monoisotopic (exact) mass is 429 g/mol. The van der Waals surface area contributed by atoms with Crippen molar-refractivity contribution in [2.45, 2.75) is 56.2 Å². The highest BCUT2D eigenvalue weighted by atomic mass is 19.1. The zero-order valence-electron chi connectivity index (χ0n) is 17.6. The van der Waals surface area contributed by atoms with Crippen LogP contribution >= 0.6 is 0 Å². The van der Waals surface area contributed by atoms with Crippen molar-refractivity contribution in [1.82, 2.24) is 10.3 Å². The van der Waals surface area contributed by atoms with Crippen molar-refractivity contribution in [3.8, 4) is 11.1 Å². The Hall–Kier alpha value is -3.30. The predicted octanol–water partition coefficient (Wildman–Crippen LogP) is 4.98. The second kappa shape index (κ2) is 7.99. The molecule has 1 aromatic heterocycles. The highest BCUT2D eigenvalue weighted by molar-refractivity contribution is 6.08. The first-order valence-corrected chi connectivity index (χ1v) is 11.1. The lowest BCUT2D eigenvalue weighted by atomic mass is 9.91. The van der Waals surface area contributed by atoms with E-state index in [-0.39, 0.29) is 23.9 Å². The van der Waals surface area contributed by atoms with Gasteiger partial charge in [-0.2, -0.15) is 0 Å². The second-order valence-electron chi connectivity index (χ2n) is 8.91. The number of aliphatic hydroxyl groups excluding tert-OH is 1. The number of fused-ring (bicyclic) bond motifs is 1. The first-order valence-electron chi connectivity index (χ1n) is 11.1. The Morgan fingerprint density at radius 2 is 1.84 bits per heavy atom. The third-order valence-corrected chi connectivity index (χ3v) is 6.76. The molecule has 6 heteroatoms. The van der Waals surface area contributed by atoms with Crippen LogP contribution in [0.4, 0.5) is 4.39 Å². The summed E-state index contributed by atoms with van der Waals surface area (Å²) in [5.41, 5.74) is 3.01. The number of carbonyl (C=O) groups is 1. The summed E-state index contributed by atoms with van der Waals surface area (Å²) >= 11 is 0. The van der Waals surface area contributed by atoms with Gasteiger partial charge < -0.3 is 15.3 Å². The molecule has 0 atom stereocenters. The first kappa shape index (κ1) is 20.6. The number of halogens is 1. The van der Waals surface area contributed by atoms with Gasteiger partial charge in [0.2, 0.25) is 0 Å². The van der Waals surface area contributed by atoms with E-state index in [1.54, 1.807) is 12.3 Å². The van der Waals surface area contributed by atoms with Crippen molar-refractivity contribution in [3.63, 3.8) is 0 Å². The van der Waals surface area contributed by atoms with Crippen LogP contribution in [0.5, 0.6) is 0 Å². The van der Waals surface area contributed by atoms with Crippen LogP contribution in [0.15, 0.2) is 48.7 Å². The summed E-state index contributed by atoms with van der Waals surface area (Å²) in [5, 5.41) is 13.4. The van der Waals surface area contributed by atoms with Gasteiger partial charge in [0.05, 0.1) is 17.2 Å². The van der Waals surface area contributed by atoms with Gasteiger partial charge in [0.1, 0.15) is 5.82 Å². The van der Waals surface area contributed by atoms with E-state index < -0.39 is 5.54 Å². The number of pyridine rings is 1. The molecule has 1 heterocycles. The molecule has 0 bridgehead atoms. The SMILES string of the molecule is [C-]#[N+]C1(c2ccc(-c3c(C(=O)NC4CCC(O)CC4)cnc4ccc(F)cc34)cc2)CC1. The fraction of sp³-hybridized carbons (Fsp3) is 0.346. The topological polar surface area (TPSA) is 66.6 Å². The number of hydrogen-bond acceptors (Lipinski definition) is 3.